The number of pyridine rings is 1. The fourth-order valence-electron chi connectivity index (χ4n) is 2.98. The molecular formula is C16H16N4OS2. The van der Waals surface area contributed by atoms with Crippen LogP contribution in [0.4, 0.5) is 10.8 Å². The van der Waals surface area contributed by atoms with Crippen LogP contribution in [0, 0.1) is 5.92 Å². The fraction of sp³-hybridized carbons (Fsp3) is 0.312. The van der Waals surface area contributed by atoms with Gasteiger partial charge in [0.2, 0.25) is 0 Å². The van der Waals surface area contributed by atoms with Crippen LogP contribution >= 0.6 is 22.7 Å². The molecule has 5 nitrogen and oxygen atoms in total. The van der Waals surface area contributed by atoms with Gasteiger partial charge in [0.1, 0.15) is 9.71 Å². The van der Waals surface area contributed by atoms with Crippen LogP contribution in [0.1, 0.15) is 34.3 Å². The third-order valence-corrected chi connectivity index (χ3v) is 5.99. The van der Waals surface area contributed by atoms with E-state index in [1.165, 1.54) is 34.7 Å². The Balaban J connectivity index is 1.74. The predicted octanol–water partition coefficient (Wildman–Crippen LogP) is 3.71. The molecule has 1 aliphatic carbocycles. The standard InChI is InChI=1S/C16H16N4OS2/c1-8-2-3-11-9(6-8)7-10-12(17)13(23-15(10)19-11)14(21)20-16-18-4-5-22-16/h4-5,7-8H,2-3,6,17H2,1H3,(H,18,20,21). The van der Waals surface area contributed by atoms with Crippen molar-refractivity contribution in [3.05, 3.63) is 33.8 Å². The Labute approximate surface area is 141 Å². The second-order valence-electron chi connectivity index (χ2n) is 5.93. The van der Waals surface area contributed by atoms with Crippen LogP contribution in [-0.4, -0.2) is 15.9 Å². The Hall–Kier alpha value is -1.99. The number of hydrogen-bond donors (Lipinski definition) is 2. The van der Waals surface area contributed by atoms with E-state index in [2.05, 4.69) is 23.3 Å². The first-order valence-electron chi connectivity index (χ1n) is 7.53. The van der Waals surface area contributed by atoms with Gasteiger partial charge >= 0.3 is 0 Å². The van der Waals surface area contributed by atoms with Crippen molar-refractivity contribution in [2.75, 3.05) is 11.1 Å². The quantitative estimate of drug-likeness (QED) is 0.742. The number of carbonyl (C=O) groups is 1. The Bertz CT molecular complexity index is 885. The molecule has 3 N–H and O–H groups in total. The highest BCUT2D eigenvalue weighted by molar-refractivity contribution is 7.21. The minimum atomic E-state index is -0.216. The van der Waals surface area contributed by atoms with Gasteiger partial charge < -0.3 is 5.73 Å². The number of amides is 1. The summed E-state index contributed by atoms with van der Waals surface area (Å²) >= 11 is 2.74. The molecular weight excluding hydrogens is 328 g/mol. The number of nitrogens with two attached hydrogens (primary N) is 1. The van der Waals surface area contributed by atoms with E-state index < -0.39 is 0 Å². The highest BCUT2D eigenvalue weighted by Gasteiger charge is 2.22. The molecule has 0 spiro atoms. The number of hydrogen-bond acceptors (Lipinski definition) is 6. The van der Waals surface area contributed by atoms with Crippen LogP contribution in [0.2, 0.25) is 0 Å². The van der Waals surface area contributed by atoms with Crippen molar-refractivity contribution in [3.8, 4) is 0 Å². The molecule has 0 aliphatic heterocycles. The molecule has 0 aromatic carbocycles. The average Bonchev–Trinajstić information content (AvgIpc) is 3.14. The normalized spacial score (nSPS) is 17.2. The number of anilines is 2. The average molecular weight is 344 g/mol. The van der Waals surface area contributed by atoms with Crippen LogP contribution in [0.5, 0.6) is 0 Å². The van der Waals surface area contributed by atoms with E-state index in [4.69, 9.17) is 10.7 Å². The number of fused-ring (bicyclic) bond motifs is 2. The van der Waals surface area contributed by atoms with Gasteiger partial charge in [0.25, 0.3) is 5.91 Å². The molecule has 3 heterocycles. The third-order valence-electron chi connectivity index (χ3n) is 4.19. The molecule has 1 aliphatic rings. The van der Waals surface area contributed by atoms with Crippen molar-refractivity contribution < 1.29 is 4.79 Å². The number of aromatic nitrogens is 2. The van der Waals surface area contributed by atoms with Gasteiger partial charge in [-0.25, -0.2) is 9.97 Å². The van der Waals surface area contributed by atoms with Crippen LogP contribution in [-0.2, 0) is 12.8 Å². The highest BCUT2D eigenvalue weighted by Crippen LogP contribution is 2.36. The van der Waals surface area contributed by atoms with Crippen molar-refractivity contribution in [2.45, 2.75) is 26.2 Å². The zero-order valence-corrected chi connectivity index (χ0v) is 14.3. The number of thiophene rings is 1. The zero-order valence-electron chi connectivity index (χ0n) is 12.6. The molecule has 23 heavy (non-hydrogen) atoms. The number of nitrogens with one attached hydrogen (secondary N) is 1. The summed E-state index contributed by atoms with van der Waals surface area (Å²) in [6, 6.07) is 2.12. The predicted molar refractivity (Wildman–Crippen MR) is 95.3 cm³/mol. The number of nitrogens with zero attached hydrogens (tertiary/aromatic N) is 2. The van der Waals surface area contributed by atoms with Gasteiger partial charge in [-0.15, -0.1) is 22.7 Å². The molecule has 0 bridgehead atoms. The smallest absolute Gasteiger partial charge is 0.269 e. The van der Waals surface area contributed by atoms with E-state index in [-0.39, 0.29) is 5.91 Å². The molecule has 0 fully saturated rings. The highest BCUT2D eigenvalue weighted by atomic mass is 32.1. The van der Waals surface area contributed by atoms with E-state index in [1.54, 1.807) is 6.20 Å². The summed E-state index contributed by atoms with van der Waals surface area (Å²) in [6.45, 7) is 2.26. The van der Waals surface area contributed by atoms with Gasteiger partial charge in [0, 0.05) is 22.7 Å². The van der Waals surface area contributed by atoms with E-state index in [0.29, 0.717) is 21.6 Å². The Morgan fingerprint density at radius 1 is 1.48 bits per heavy atom. The first-order chi connectivity index (χ1) is 11.1. The van der Waals surface area contributed by atoms with Crippen LogP contribution in [0.25, 0.3) is 10.2 Å². The second-order valence-corrected chi connectivity index (χ2v) is 7.82. The molecule has 1 amide bonds. The van der Waals surface area contributed by atoms with E-state index >= 15 is 0 Å². The lowest BCUT2D eigenvalue weighted by atomic mass is 9.87. The van der Waals surface area contributed by atoms with E-state index in [1.807, 2.05) is 5.38 Å². The first kappa shape index (κ1) is 14.6. The van der Waals surface area contributed by atoms with Gasteiger partial charge in [0.15, 0.2) is 5.13 Å². The molecule has 118 valence electrons. The Morgan fingerprint density at radius 3 is 3.13 bits per heavy atom. The lowest BCUT2D eigenvalue weighted by Crippen LogP contribution is -2.12. The molecule has 0 radical (unpaired) electrons. The van der Waals surface area contributed by atoms with Gasteiger partial charge in [-0.3, -0.25) is 10.1 Å². The number of rotatable bonds is 2. The van der Waals surface area contributed by atoms with Crippen molar-refractivity contribution in [1.29, 1.82) is 0 Å². The largest absolute Gasteiger partial charge is 0.397 e. The zero-order chi connectivity index (χ0) is 16.0. The van der Waals surface area contributed by atoms with Gasteiger partial charge in [-0.1, -0.05) is 6.92 Å². The number of aryl methyl sites for hydroxylation is 1. The summed E-state index contributed by atoms with van der Waals surface area (Å²) in [7, 11) is 0. The maximum absolute atomic E-state index is 12.4. The Kier molecular flexibility index (Phi) is 3.54. The molecule has 7 heteroatoms. The summed E-state index contributed by atoms with van der Waals surface area (Å²) in [5.41, 5.74) is 9.18. The Morgan fingerprint density at radius 2 is 2.35 bits per heavy atom. The first-order valence-corrected chi connectivity index (χ1v) is 9.23. The maximum atomic E-state index is 12.4. The summed E-state index contributed by atoms with van der Waals surface area (Å²) in [6.07, 6.45) is 4.87. The van der Waals surface area contributed by atoms with Crippen LogP contribution in [0.3, 0.4) is 0 Å². The van der Waals surface area contributed by atoms with E-state index in [9.17, 15) is 4.79 Å². The van der Waals surface area contributed by atoms with Gasteiger partial charge in [-0.05, 0) is 36.8 Å². The molecule has 4 rings (SSSR count). The summed E-state index contributed by atoms with van der Waals surface area (Å²) in [5, 5.41) is 6.08. The molecule has 1 unspecified atom stereocenters. The lowest BCUT2D eigenvalue weighted by molar-refractivity contribution is 0.103. The third kappa shape index (κ3) is 2.60. The molecule has 1 atom stereocenters. The van der Waals surface area contributed by atoms with Crippen molar-refractivity contribution in [3.63, 3.8) is 0 Å². The van der Waals surface area contributed by atoms with Gasteiger partial charge in [-0.2, -0.15) is 0 Å². The molecule has 3 aromatic heterocycles. The molecule has 0 saturated carbocycles. The maximum Gasteiger partial charge on any atom is 0.269 e. The minimum Gasteiger partial charge on any atom is -0.397 e. The molecule has 3 aromatic rings. The summed E-state index contributed by atoms with van der Waals surface area (Å²) < 4.78 is 0. The lowest BCUT2D eigenvalue weighted by Gasteiger charge is -2.20. The van der Waals surface area contributed by atoms with Crippen molar-refractivity contribution >= 4 is 49.6 Å². The second kappa shape index (κ2) is 5.58. The monoisotopic (exact) mass is 344 g/mol. The van der Waals surface area contributed by atoms with Crippen LogP contribution < -0.4 is 11.1 Å². The SMILES string of the molecule is CC1CCc2nc3sc(C(=O)Nc4nccs4)c(N)c3cc2C1. The summed E-state index contributed by atoms with van der Waals surface area (Å²) in [5.74, 6) is 0.459. The number of nitrogen functional groups attached to an aromatic ring is 1. The number of thiazole rings is 1. The molecule has 0 saturated heterocycles. The fourth-order valence-corrected chi connectivity index (χ4v) is 4.50. The minimum absolute atomic E-state index is 0.216. The van der Waals surface area contributed by atoms with Crippen LogP contribution in [0.15, 0.2) is 17.6 Å². The van der Waals surface area contributed by atoms with Crippen molar-refractivity contribution in [2.24, 2.45) is 5.92 Å². The summed E-state index contributed by atoms with van der Waals surface area (Å²) in [4.78, 5) is 22.6. The topological polar surface area (TPSA) is 80.9 Å². The number of carbonyl (C=O) groups excluding carboxylic acids is 1. The van der Waals surface area contributed by atoms with Gasteiger partial charge in [0.05, 0.1) is 5.69 Å². The van der Waals surface area contributed by atoms with Crippen molar-refractivity contribution in [1.82, 2.24) is 9.97 Å². The van der Waals surface area contributed by atoms with E-state index in [0.717, 1.165) is 28.8 Å².